The lowest BCUT2D eigenvalue weighted by molar-refractivity contribution is 0.0748. The van der Waals surface area contributed by atoms with E-state index in [4.69, 9.17) is 15.2 Å². The van der Waals surface area contributed by atoms with Crippen LogP contribution in [0.1, 0.15) is 19.8 Å². The summed E-state index contributed by atoms with van der Waals surface area (Å²) in [6, 6.07) is 0. The average Bonchev–Trinajstić information content (AvgIpc) is 2.11. The van der Waals surface area contributed by atoms with E-state index >= 15 is 0 Å². The van der Waals surface area contributed by atoms with Crippen LogP contribution in [-0.4, -0.2) is 39.3 Å². The zero-order valence-corrected chi connectivity index (χ0v) is 8.58. The van der Waals surface area contributed by atoms with E-state index in [2.05, 4.69) is 11.9 Å². The van der Waals surface area contributed by atoms with Crippen molar-refractivity contribution in [2.45, 2.75) is 19.8 Å². The molecule has 0 aliphatic rings. The Kier molecular flexibility index (Phi) is 9.03. The number of hydrogen-bond acceptors (Lipinski definition) is 3. The summed E-state index contributed by atoms with van der Waals surface area (Å²) in [5.74, 6) is 0.720. The number of amidine groups is 1. The molecule has 0 saturated heterocycles. The Bertz CT molecular complexity index is 138. The highest BCUT2D eigenvalue weighted by atomic mass is 16.5. The summed E-state index contributed by atoms with van der Waals surface area (Å²) in [5, 5.41) is 0. The minimum atomic E-state index is 0.619. The van der Waals surface area contributed by atoms with Crippen LogP contribution in [0.2, 0.25) is 0 Å². The van der Waals surface area contributed by atoms with E-state index in [1.807, 2.05) is 0 Å². The molecule has 0 heterocycles. The summed E-state index contributed by atoms with van der Waals surface area (Å²) in [6.07, 6.45) is 1.91. The van der Waals surface area contributed by atoms with Gasteiger partial charge in [-0.15, -0.1) is 0 Å². The standard InChI is InChI=1S/C9H20N2O2/c1-3-4-9(10)11-5-6-13-8-7-12-2/h3-8H2,1-2H3,(H2,10,11). The molecular formula is C9H20N2O2. The largest absolute Gasteiger partial charge is 0.387 e. The van der Waals surface area contributed by atoms with E-state index in [9.17, 15) is 0 Å². The molecule has 0 fully saturated rings. The normalized spacial score (nSPS) is 12.0. The van der Waals surface area contributed by atoms with Gasteiger partial charge in [-0.1, -0.05) is 6.92 Å². The number of rotatable bonds is 8. The topological polar surface area (TPSA) is 56.8 Å². The number of aliphatic imine (C=N–C) groups is 1. The number of nitrogens with two attached hydrogens (primary N) is 1. The Balaban J connectivity index is 3.18. The van der Waals surface area contributed by atoms with Crippen molar-refractivity contribution in [3.8, 4) is 0 Å². The predicted molar refractivity (Wildman–Crippen MR) is 54.1 cm³/mol. The Morgan fingerprint density at radius 1 is 1.31 bits per heavy atom. The van der Waals surface area contributed by atoms with Gasteiger partial charge in [0.05, 0.1) is 32.2 Å². The number of methoxy groups -OCH3 is 1. The first-order valence-corrected chi connectivity index (χ1v) is 4.66. The van der Waals surface area contributed by atoms with E-state index in [0.29, 0.717) is 26.4 Å². The zero-order chi connectivity index (χ0) is 9.94. The van der Waals surface area contributed by atoms with Gasteiger partial charge in [-0.3, -0.25) is 4.99 Å². The van der Waals surface area contributed by atoms with Crippen molar-refractivity contribution in [2.75, 3.05) is 33.5 Å². The monoisotopic (exact) mass is 188 g/mol. The van der Waals surface area contributed by atoms with Crippen LogP contribution in [0.15, 0.2) is 4.99 Å². The summed E-state index contributed by atoms with van der Waals surface area (Å²) in [7, 11) is 1.65. The summed E-state index contributed by atoms with van der Waals surface area (Å²) < 4.78 is 10.0. The van der Waals surface area contributed by atoms with E-state index in [1.165, 1.54) is 0 Å². The van der Waals surface area contributed by atoms with Crippen molar-refractivity contribution in [1.29, 1.82) is 0 Å². The van der Waals surface area contributed by atoms with Crippen molar-refractivity contribution in [1.82, 2.24) is 0 Å². The highest BCUT2D eigenvalue weighted by Gasteiger charge is 1.89. The van der Waals surface area contributed by atoms with Gasteiger partial charge in [0.1, 0.15) is 0 Å². The molecule has 0 unspecified atom stereocenters. The summed E-state index contributed by atoms with van der Waals surface area (Å²) in [4.78, 5) is 4.14. The first kappa shape index (κ1) is 12.4. The molecule has 0 radical (unpaired) electrons. The Morgan fingerprint density at radius 3 is 2.69 bits per heavy atom. The molecular weight excluding hydrogens is 168 g/mol. The molecule has 0 aliphatic carbocycles. The molecule has 13 heavy (non-hydrogen) atoms. The van der Waals surface area contributed by atoms with Gasteiger partial charge in [-0.05, 0) is 6.42 Å². The molecule has 78 valence electrons. The third kappa shape index (κ3) is 9.30. The quantitative estimate of drug-likeness (QED) is 0.348. The van der Waals surface area contributed by atoms with Crippen LogP contribution in [0.5, 0.6) is 0 Å². The molecule has 0 aromatic carbocycles. The number of nitrogens with zero attached hydrogens (tertiary/aromatic N) is 1. The summed E-state index contributed by atoms with van der Waals surface area (Å²) in [5.41, 5.74) is 5.59. The third-order valence-electron chi connectivity index (χ3n) is 1.49. The molecule has 0 atom stereocenters. The average molecular weight is 188 g/mol. The second-order valence-corrected chi connectivity index (χ2v) is 2.73. The van der Waals surface area contributed by atoms with Crippen molar-refractivity contribution < 1.29 is 9.47 Å². The summed E-state index contributed by atoms with van der Waals surface area (Å²) in [6.45, 7) is 4.61. The van der Waals surface area contributed by atoms with Gasteiger partial charge in [-0.25, -0.2) is 0 Å². The molecule has 0 bridgehead atoms. The van der Waals surface area contributed by atoms with Crippen LogP contribution in [0.25, 0.3) is 0 Å². The van der Waals surface area contributed by atoms with Crippen LogP contribution in [-0.2, 0) is 9.47 Å². The van der Waals surface area contributed by atoms with Crippen LogP contribution in [0.4, 0.5) is 0 Å². The van der Waals surface area contributed by atoms with Crippen molar-refractivity contribution in [3.05, 3.63) is 0 Å². The predicted octanol–water partition coefficient (Wildman–Crippen LogP) is 0.807. The van der Waals surface area contributed by atoms with Gasteiger partial charge in [0.25, 0.3) is 0 Å². The van der Waals surface area contributed by atoms with Crippen molar-refractivity contribution in [2.24, 2.45) is 10.7 Å². The second kappa shape index (κ2) is 9.48. The molecule has 4 heteroatoms. The molecule has 0 aliphatic heterocycles. The van der Waals surface area contributed by atoms with Crippen LogP contribution in [0, 0.1) is 0 Å². The molecule has 0 amide bonds. The third-order valence-corrected chi connectivity index (χ3v) is 1.49. The fourth-order valence-corrected chi connectivity index (χ4v) is 0.833. The fourth-order valence-electron chi connectivity index (χ4n) is 0.833. The van der Waals surface area contributed by atoms with Crippen LogP contribution < -0.4 is 5.73 Å². The molecule has 0 aromatic heterocycles. The van der Waals surface area contributed by atoms with Crippen molar-refractivity contribution >= 4 is 5.84 Å². The van der Waals surface area contributed by atoms with Crippen molar-refractivity contribution in [3.63, 3.8) is 0 Å². The number of hydrogen-bond donors (Lipinski definition) is 1. The molecule has 0 aromatic rings. The lowest BCUT2D eigenvalue weighted by Gasteiger charge is -2.01. The fraction of sp³-hybridized carbons (Fsp3) is 0.889. The molecule has 4 nitrogen and oxygen atoms in total. The lowest BCUT2D eigenvalue weighted by atomic mass is 10.3. The van der Waals surface area contributed by atoms with Gasteiger partial charge < -0.3 is 15.2 Å². The maximum Gasteiger partial charge on any atom is 0.0937 e. The van der Waals surface area contributed by atoms with Gasteiger partial charge in [0.2, 0.25) is 0 Å². The van der Waals surface area contributed by atoms with E-state index in [1.54, 1.807) is 7.11 Å². The SMILES string of the molecule is CCCC(N)=NCCOCCOC. The number of ether oxygens (including phenoxy) is 2. The maximum atomic E-state index is 5.59. The van der Waals surface area contributed by atoms with E-state index in [-0.39, 0.29) is 0 Å². The zero-order valence-electron chi connectivity index (χ0n) is 8.58. The van der Waals surface area contributed by atoms with E-state index < -0.39 is 0 Å². The molecule has 0 spiro atoms. The first-order valence-electron chi connectivity index (χ1n) is 4.66. The van der Waals surface area contributed by atoms with Gasteiger partial charge >= 0.3 is 0 Å². The first-order chi connectivity index (χ1) is 6.31. The molecule has 0 rings (SSSR count). The minimum absolute atomic E-state index is 0.619. The summed E-state index contributed by atoms with van der Waals surface area (Å²) >= 11 is 0. The molecule has 0 saturated carbocycles. The lowest BCUT2D eigenvalue weighted by Crippen LogP contribution is -2.13. The minimum Gasteiger partial charge on any atom is -0.387 e. The van der Waals surface area contributed by atoms with Gasteiger partial charge in [0, 0.05) is 13.5 Å². The maximum absolute atomic E-state index is 5.59. The highest BCUT2D eigenvalue weighted by Crippen LogP contribution is 1.86. The van der Waals surface area contributed by atoms with Crippen LogP contribution >= 0.6 is 0 Å². The van der Waals surface area contributed by atoms with Gasteiger partial charge in [-0.2, -0.15) is 0 Å². The Labute approximate surface area is 80.1 Å². The Hall–Kier alpha value is -0.610. The van der Waals surface area contributed by atoms with E-state index in [0.717, 1.165) is 18.7 Å². The Morgan fingerprint density at radius 2 is 2.08 bits per heavy atom. The van der Waals surface area contributed by atoms with Gasteiger partial charge in [0.15, 0.2) is 0 Å². The highest BCUT2D eigenvalue weighted by molar-refractivity contribution is 5.80. The second-order valence-electron chi connectivity index (χ2n) is 2.73. The molecule has 2 N–H and O–H groups in total. The smallest absolute Gasteiger partial charge is 0.0937 e. The van der Waals surface area contributed by atoms with Crippen LogP contribution in [0.3, 0.4) is 0 Å².